The van der Waals surface area contributed by atoms with E-state index in [9.17, 15) is 49.0 Å². The van der Waals surface area contributed by atoms with Crippen LogP contribution in [0.5, 0.6) is 0 Å². The first-order valence-corrected chi connectivity index (χ1v) is 24.0. The maximum atomic E-state index is 15.4. The van der Waals surface area contributed by atoms with Crippen LogP contribution in [-0.4, -0.2) is 62.0 Å². The minimum atomic E-state index is -5.17. The van der Waals surface area contributed by atoms with Crippen LogP contribution in [0.15, 0.2) is 30.3 Å². The number of amides is 1. The number of fused-ring (bicyclic) bond motifs is 3. The standard InChI is InChI=1S/C44H40ClF10N7O3S2/c1-21-18-42(48,49)39-33(21)38(44(53,54)55)58-61(39)19-32(63)56-31(16-22-14-23(46)17-24(47)15-22)36-34(27-7-5-6-26(27)30(57-36)12-13-41(2,3)66(4)64)28-10-11-29(45)35-37(28)62(20-43(50,51)52)59-40(35)60-67(65)25-8-9-25/h10-11,14-15,17,21,25,31H,5-9,16,18-20H2,1-4H3,(H,56,63)(H,59,60)/t21-,31?,66?,67?/m0/s1. The summed E-state index contributed by atoms with van der Waals surface area (Å²) in [6.45, 7) is 1.54. The Morgan fingerprint density at radius 3 is 2.31 bits per heavy atom. The van der Waals surface area contributed by atoms with Gasteiger partial charge in [-0.2, -0.15) is 44.9 Å². The van der Waals surface area contributed by atoms with Gasteiger partial charge in [-0.05, 0) is 103 Å². The summed E-state index contributed by atoms with van der Waals surface area (Å²) < 4.78 is 175. The van der Waals surface area contributed by atoms with Crippen molar-refractivity contribution in [1.29, 1.82) is 0 Å². The van der Waals surface area contributed by atoms with Crippen LogP contribution >= 0.6 is 11.6 Å². The van der Waals surface area contributed by atoms with E-state index in [1.54, 1.807) is 13.8 Å². The summed E-state index contributed by atoms with van der Waals surface area (Å²) >= 11 is 3.46. The molecule has 5 aromatic rings. The number of carbonyl (C=O) groups is 1. The fourth-order valence-electron chi connectivity index (χ4n) is 8.71. The lowest BCUT2D eigenvalue weighted by Crippen LogP contribution is -2.35. The lowest BCUT2D eigenvalue weighted by molar-refractivity contribution is -0.143. The van der Waals surface area contributed by atoms with Crippen molar-refractivity contribution in [2.45, 2.75) is 119 Å². The number of pyridine rings is 1. The molecule has 0 spiro atoms. The first kappa shape index (κ1) is 48.8. The van der Waals surface area contributed by atoms with Gasteiger partial charge in [-0.25, -0.2) is 13.8 Å². The van der Waals surface area contributed by atoms with E-state index in [4.69, 9.17) is 16.6 Å². The Morgan fingerprint density at radius 2 is 1.69 bits per heavy atom. The molecular formula is C44H40ClF10N7O3S2. The number of carbonyl (C=O) groups excluding carboxylic acids is 1. The average molecular weight is 1000 g/mol. The van der Waals surface area contributed by atoms with Gasteiger partial charge in [0.15, 0.2) is 10.4 Å². The fraction of sp³-hybridized carbons (Fsp3) is 0.455. The first-order valence-electron chi connectivity index (χ1n) is 20.9. The number of aromatic nitrogens is 5. The van der Waals surface area contributed by atoms with Crippen LogP contribution in [0.2, 0.25) is 5.02 Å². The molecule has 2 N–H and O–H groups in total. The van der Waals surface area contributed by atoms with Gasteiger partial charge in [-0.1, -0.05) is 24.6 Å². The van der Waals surface area contributed by atoms with E-state index in [0.717, 1.165) is 12.1 Å². The number of alkyl halides is 8. The third-order valence-corrected chi connectivity index (χ3v) is 15.3. The maximum Gasteiger partial charge on any atom is 0.435 e. The zero-order valence-corrected chi connectivity index (χ0v) is 38.3. The predicted octanol–water partition coefficient (Wildman–Crippen LogP) is 9.74. The van der Waals surface area contributed by atoms with Gasteiger partial charge < -0.3 is 14.4 Å². The highest BCUT2D eigenvalue weighted by Crippen LogP contribution is 2.52. The molecule has 3 heterocycles. The molecule has 1 amide bonds. The molecule has 0 radical (unpaired) electrons. The van der Waals surface area contributed by atoms with Gasteiger partial charge >= 0.3 is 12.4 Å². The molecule has 1 saturated carbocycles. The quantitative estimate of drug-likeness (QED) is 0.0722. The second-order valence-corrected chi connectivity index (χ2v) is 21.3. The SMILES string of the molecule is C[C@H]1CC(F)(F)c2c1c(C(F)(F)F)nn2CC(=O)NC(Cc1cc(F)cc(F)c1)c1nc(C#CC(C)(C)[S+](C)[O-])c2c(c1-c1ccc(Cl)c3c(N[S+]([O-])C4CC4)nn(CC(F)(F)F)c13)CCC2. The molecule has 358 valence electrons. The topological polar surface area (TPSA) is 136 Å². The summed E-state index contributed by atoms with van der Waals surface area (Å²) in [4.78, 5) is 19.2. The highest BCUT2D eigenvalue weighted by atomic mass is 35.5. The van der Waals surface area contributed by atoms with E-state index < -0.39 is 118 Å². The summed E-state index contributed by atoms with van der Waals surface area (Å²) in [5.41, 5.74) is -2.68. The number of hydrogen-bond acceptors (Lipinski definition) is 7. The molecule has 3 aromatic heterocycles. The Morgan fingerprint density at radius 1 is 1.01 bits per heavy atom. The number of halogens is 11. The second-order valence-electron chi connectivity index (χ2n) is 17.5. The highest BCUT2D eigenvalue weighted by Gasteiger charge is 2.53. The minimum absolute atomic E-state index is 0.0228. The zero-order valence-electron chi connectivity index (χ0n) is 35.9. The molecule has 3 unspecified atom stereocenters. The molecule has 8 rings (SSSR count). The van der Waals surface area contributed by atoms with Crippen LogP contribution in [0.25, 0.3) is 22.0 Å². The molecule has 67 heavy (non-hydrogen) atoms. The number of nitrogens with zero attached hydrogens (tertiary/aromatic N) is 5. The van der Waals surface area contributed by atoms with Crippen molar-refractivity contribution >= 4 is 56.8 Å². The van der Waals surface area contributed by atoms with E-state index >= 15 is 8.78 Å². The van der Waals surface area contributed by atoms with Crippen LogP contribution in [0, 0.1) is 23.5 Å². The largest absolute Gasteiger partial charge is 0.615 e. The monoisotopic (exact) mass is 1000 g/mol. The molecule has 3 aliphatic carbocycles. The molecule has 0 saturated heterocycles. The molecular weight excluding hydrogens is 964 g/mol. The third-order valence-electron chi connectivity index (χ3n) is 11.9. The van der Waals surface area contributed by atoms with Crippen molar-refractivity contribution in [3.05, 3.63) is 92.0 Å². The van der Waals surface area contributed by atoms with E-state index in [1.807, 2.05) is 0 Å². The van der Waals surface area contributed by atoms with Gasteiger partial charge in [-0.3, -0.25) is 14.2 Å². The van der Waals surface area contributed by atoms with E-state index in [2.05, 4.69) is 32.1 Å². The summed E-state index contributed by atoms with van der Waals surface area (Å²) in [5.74, 6) is -2.66. The number of nitrogens with one attached hydrogen (secondary N) is 2. The fourth-order valence-corrected chi connectivity index (χ4v) is 10.2. The molecule has 2 aromatic carbocycles. The van der Waals surface area contributed by atoms with Crippen molar-refractivity contribution in [2.75, 3.05) is 11.0 Å². The Hall–Kier alpha value is -4.69. The number of hydrogen-bond donors (Lipinski definition) is 2. The summed E-state index contributed by atoms with van der Waals surface area (Å²) in [6, 6.07) is 3.64. The van der Waals surface area contributed by atoms with E-state index in [-0.39, 0.29) is 66.2 Å². The lowest BCUT2D eigenvalue weighted by Gasteiger charge is -2.25. The maximum absolute atomic E-state index is 15.4. The van der Waals surface area contributed by atoms with Crippen molar-refractivity contribution in [3.63, 3.8) is 0 Å². The zero-order chi connectivity index (χ0) is 48.7. The second kappa shape index (κ2) is 17.7. The van der Waals surface area contributed by atoms with Crippen molar-refractivity contribution in [3.8, 4) is 23.0 Å². The van der Waals surface area contributed by atoms with Gasteiger partial charge in [-0.15, -0.1) is 5.10 Å². The number of anilines is 1. The normalized spacial score (nSPS) is 18.3. The smallest absolute Gasteiger partial charge is 0.435 e. The van der Waals surface area contributed by atoms with Gasteiger partial charge in [0.2, 0.25) is 11.7 Å². The van der Waals surface area contributed by atoms with Gasteiger partial charge in [0, 0.05) is 42.0 Å². The molecule has 1 fully saturated rings. The molecule has 0 bridgehead atoms. The van der Waals surface area contributed by atoms with Gasteiger partial charge in [0.05, 0.1) is 45.3 Å². The average Bonchev–Trinajstić information content (AvgIpc) is 3.51. The van der Waals surface area contributed by atoms with Crippen molar-refractivity contribution in [1.82, 2.24) is 29.9 Å². The van der Waals surface area contributed by atoms with Crippen LogP contribution < -0.4 is 10.0 Å². The summed E-state index contributed by atoms with van der Waals surface area (Å²) in [6.07, 6.45) is -7.88. The molecule has 23 heteroatoms. The predicted molar refractivity (Wildman–Crippen MR) is 231 cm³/mol. The number of benzene rings is 2. The van der Waals surface area contributed by atoms with Crippen LogP contribution in [-0.2, 0) is 71.8 Å². The summed E-state index contributed by atoms with van der Waals surface area (Å²) in [5, 5.41) is 9.84. The van der Waals surface area contributed by atoms with Crippen LogP contribution in [0.4, 0.5) is 49.7 Å². The molecule has 4 atom stereocenters. The Balaban J connectivity index is 1.37. The third kappa shape index (κ3) is 9.94. The molecule has 0 aliphatic heterocycles. The highest BCUT2D eigenvalue weighted by molar-refractivity contribution is 7.93. The van der Waals surface area contributed by atoms with E-state index in [1.165, 1.54) is 25.3 Å². The van der Waals surface area contributed by atoms with Crippen molar-refractivity contribution in [2.24, 2.45) is 0 Å². The van der Waals surface area contributed by atoms with Crippen molar-refractivity contribution < 1.29 is 57.8 Å². The first-order chi connectivity index (χ1) is 31.2. The van der Waals surface area contributed by atoms with Crippen LogP contribution in [0.1, 0.15) is 103 Å². The molecule has 3 aliphatic rings. The summed E-state index contributed by atoms with van der Waals surface area (Å²) in [7, 11) is 0. The Kier molecular flexibility index (Phi) is 12.9. The van der Waals surface area contributed by atoms with Gasteiger partial charge in [0.25, 0.3) is 5.92 Å². The van der Waals surface area contributed by atoms with Crippen LogP contribution in [0.3, 0.4) is 0 Å². The number of rotatable bonds is 12. The van der Waals surface area contributed by atoms with Gasteiger partial charge in [0.1, 0.15) is 41.4 Å². The molecule has 10 nitrogen and oxygen atoms in total. The Bertz CT molecular complexity index is 2830. The lowest BCUT2D eigenvalue weighted by atomic mass is 9.88. The minimum Gasteiger partial charge on any atom is -0.615 e. The van der Waals surface area contributed by atoms with E-state index in [0.29, 0.717) is 47.6 Å². The Labute approximate surface area is 388 Å².